The molecule has 1 N–H and O–H groups in total. The number of nitrogens with one attached hydrogen (secondary N) is 1. The summed E-state index contributed by atoms with van der Waals surface area (Å²) in [4.78, 5) is 24.4. The maximum absolute atomic E-state index is 12.2. The fraction of sp³-hybridized carbons (Fsp3) is 0.471. The van der Waals surface area contributed by atoms with Crippen LogP contribution in [0.15, 0.2) is 23.3 Å². The average Bonchev–Trinajstić information content (AvgIpc) is 3.32. The molecule has 1 fully saturated rings. The quantitative estimate of drug-likeness (QED) is 0.927. The van der Waals surface area contributed by atoms with Crippen molar-refractivity contribution in [2.75, 3.05) is 11.6 Å². The molecule has 2 aliphatic rings. The molecule has 3 rings (SSSR count). The van der Waals surface area contributed by atoms with Crippen molar-refractivity contribution in [2.45, 2.75) is 39.5 Å². The van der Waals surface area contributed by atoms with E-state index in [2.05, 4.69) is 10.4 Å². The van der Waals surface area contributed by atoms with Gasteiger partial charge in [-0.3, -0.25) is 9.59 Å². The van der Waals surface area contributed by atoms with Crippen molar-refractivity contribution in [1.29, 1.82) is 0 Å². The van der Waals surface area contributed by atoms with Crippen LogP contribution >= 0.6 is 0 Å². The van der Waals surface area contributed by atoms with Gasteiger partial charge < -0.3 is 5.32 Å². The predicted molar refractivity (Wildman–Crippen MR) is 85.8 cm³/mol. The molecule has 1 aliphatic carbocycles. The van der Waals surface area contributed by atoms with Crippen molar-refractivity contribution in [2.24, 2.45) is 11.0 Å². The van der Waals surface area contributed by atoms with Crippen molar-refractivity contribution >= 4 is 23.2 Å². The lowest BCUT2D eigenvalue weighted by Gasteiger charge is -2.24. The number of carbonyl (C=O) groups is 2. The van der Waals surface area contributed by atoms with E-state index in [-0.39, 0.29) is 11.8 Å². The molecule has 116 valence electrons. The minimum absolute atomic E-state index is 0.0626. The Morgan fingerprint density at radius 2 is 2.09 bits per heavy atom. The van der Waals surface area contributed by atoms with Gasteiger partial charge in [0.05, 0.1) is 5.69 Å². The van der Waals surface area contributed by atoms with Crippen molar-refractivity contribution in [3.63, 3.8) is 0 Å². The SMILES string of the molecule is Cc1ccc(C)c(N2N=C(C(=O)NCC3CC3)CCC2=O)c1. The number of benzene rings is 1. The fourth-order valence-electron chi connectivity index (χ4n) is 2.51. The van der Waals surface area contributed by atoms with Crippen LogP contribution in [0.1, 0.15) is 36.8 Å². The highest BCUT2D eigenvalue weighted by molar-refractivity contribution is 6.40. The van der Waals surface area contributed by atoms with Crippen LogP contribution in [0.5, 0.6) is 0 Å². The molecule has 0 aromatic heterocycles. The van der Waals surface area contributed by atoms with Crippen LogP contribution in [0.3, 0.4) is 0 Å². The topological polar surface area (TPSA) is 61.8 Å². The third-order valence-electron chi connectivity index (χ3n) is 4.14. The molecular formula is C17H21N3O2. The molecule has 22 heavy (non-hydrogen) atoms. The molecule has 1 aromatic rings. The molecule has 0 radical (unpaired) electrons. The summed E-state index contributed by atoms with van der Waals surface area (Å²) in [7, 11) is 0. The van der Waals surface area contributed by atoms with Crippen LogP contribution in [-0.4, -0.2) is 24.1 Å². The van der Waals surface area contributed by atoms with Gasteiger partial charge in [-0.2, -0.15) is 5.10 Å². The minimum Gasteiger partial charge on any atom is -0.351 e. The first-order valence-electron chi connectivity index (χ1n) is 7.80. The zero-order valence-corrected chi connectivity index (χ0v) is 13.1. The molecule has 1 aromatic carbocycles. The number of hydrogen-bond donors (Lipinski definition) is 1. The van der Waals surface area contributed by atoms with E-state index < -0.39 is 0 Å². The lowest BCUT2D eigenvalue weighted by molar-refractivity contribution is -0.119. The van der Waals surface area contributed by atoms with Gasteiger partial charge in [0.2, 0.25) is 5.91 Å². The van der Waals surface area contributed by atoms with Gasteiger partial charge in [0, 0.05) is 19.4 Å². The van der Waals surface area contributed by atoms with E-state index in [1.165, 1.54) is 17.9 Å². The van der Waals surface area contributed by atoms with E-state index in [9.17, 15) is 9.59 Å². The normalized spacial score (nSPS) is 18.2. The Labute approximate surface area is 130 Å². The predicted octanol–water partition coefficient (Wildman–Crippen LogP) is 2.31. The Balaban J connectivity index is 1.82. The van der Waals surface area contributed by atoms with Crippen LogP contribution in [0, 0.1) is 19.8 Å². The first-order valence-corrected chi connectivity index (χ1v) is 7.80. The molecule has 1 heterocycles. The van der Waals surface area contributed by atoms with E-state index in [0.29, 0.717) is 24.5 Å². The van der Waals surface area contributed by atoms with Crippen molar-refractivity contribution in [1.82, 2.24) is 5.32 Å². The summed E-state index contributed by atoms with van der Waals surface area (Å²) in [6.07, 6.45) is 3.12. The summed E-state index contributed by atoms with van der Waals surface area (Å²) in [5, 5.41) is 8.63. The molecule has 0 bridgehead atoms. The molecule has 0 spiro atoms. The summed E-state index contributed by atoms with van der Waals surface area (Å²) >= 11 is 0. The van der Waals surface area contributed by atoms with Gasteiger partial charge >= 0.3 is 0 Å². The largest absolute Gasteiger partial charge is 0.351 e. The third-order valence-corrected chi connectivity index (χ3v) is 4.14. The van der Waals surface area contributed by atoms with Crippen LogP contribution in [0.25, 0.3) is 0 Å². The highest BCUT2D eigenvalue weighted by Crippen LogP contribution is 2.28. The number of amides is 2. The summed E-state index contributed by atoms with van der Waals surface area (Å²) in [5.41, 5.74) is 3.24. The molecule has 1 aliphatic heterocycles. The zero-order chi connectivity index (χ0) is 15.7. The first kappa shape index (κ1) is 14.8. The average molecular weight is 299 g/mol. The van der Waals surface area contributed by atoms with Gasteiger partial charge in [-0.15, -0.1) is 0 Å². The van der Waals surface area contributed by atoms with Crippen molar-refractivity contribution in [3.05, 3.63) is 29.3 Å². The Morgan fingerprint density at radius 3 is 2.82 bits per heavy atom. The Bertz CT molecular complexity index is 647. The van der Waals surface area contributed by atoms with Crippen molar-refractivity contribution in [3.8, 4) is 0 Å². The Morgan fingerprint density at radius 1 is 1.32 bits per heavy atom. The Hall–Kier alpha value is -2.17. The number of carbonyl (C=O) groups excluding carboxylic acids is 2. The second-order valence-electron chi connectivity index (χ2n) is 6.20. The lowest BCUT2D eigenvalue weighted by Crippen LogP contribution is -2.39. The summed E-state index contributed by atoms with van der Waals surface area (Å²) < 4.78 is 0. The minimum atomic E-state index is -0.144. The smallest absolute Gasteiger partial charge is 0.267 e. The highest BCUT2D eigenvalue weighted by Gasteiger charge is 2.28. The van der Waals surface area contributed by atoms with Crippen LogP contribution in [0.2, 0.25) is 0 Å². The van der Waals surface area contributed by atoms with Gasteiger partial charge in [-0.25, -0.2) is 5.01 Å². The maximum atomic E-state index is 12.2. The number of nitrogens with zero attached hydrogens (tertiary/aromatic N) is 2. The molecule has 2 amide bonds. The number of hydrogen-bond acceptors (Lipinski definition) is 3. The molecule has 0 saturated heterocycles. The molecule has 1 saturated carbocycles. The standard InChI is InChI=1S/C17H21N3O2/c1-11-3-4-12(2)15(9-11)20-16(21)8-7-14(19-20)17(22)18-10-13-5-6-13/h3-4,9,13H,5-8,10H2,1-2H3,(H,18,22). The number of hydrazone groups is 1. The van der Waals surface area contributed by atoms with E-state index in [1.54, 1.807) is 0 Å². The first-order chi connectivity index (χ1) is 10.5. The zero-order valence-electron chi connectivity index (χ0n) is 13.1. The second-order valence-corrected chi connectivity index (χ2v) is 6.20. The number of anilines is 1. The van der Waals surface area contributed by atoms with Gasteiger partial charge in [0.1, 0.15) is 5.71 Å². The molecule has 0 unspecified atom stereocenters. The van der Waals surface area contributed by atoms with E-state index in [0.717, 1.165) is 23.4 Å². The van der Waals surface area contributed by atoms with Gasteiger partial charge in [0.15, 0.2) is 0 Å². The molecule has 5 heteroatoms. The monoisotopic (exact) mass is 299 g/mol. The molecule has 0 atom stereocenters. The fourth-order valence-corrected chi connectivity index (χ4v) is 2.51. The highest BCUT2D eigenvalue weighted by atomic mass is 16.2. The third kappa shape index (κ3) is 3.18. The van der Waals surface area contributed by atoms with E-state index in [1.807, 2.05) is 32.0 Å². The second kappa shape index (κ2) is 5.91. The summed E-state index contributed by atoms with van der Waals surface area (Å²) in [6, 6.07) is 5.90. The molecule has 5 nitrogen and oxygen atoms in total. The number of aryl methyl sites for hydroxylation is 2. The van der Waals surface area contributed by atoms with Crippen molar-refractivity contribution < 1.29 is 9.59 Å². The van der Waals surface area contributed by atoms with Crippen LogP contribution < -0.4 is 10.3 Å². The summed E-state index contributed by atoms with van der Waals surface area (Å²) in [5.74, 6) is 0.423. The van der Waals surface area contributed by atoms with E-state index >= 15 is 0 Å². The van der Waals surface area contributed by atoms with Gasteiger partial charge in [-0.1, -0.05) is 12.1 Å². The lowest BCUT2D eigenvalue weighted by atomic mass is 10.1. The van der Waals surface area contributed by atoms with E-state index in [4.69, 9.17) is 0 Å². The van der Waals surface area contributed by atoms with Crippen LogP contribution in [-0.2, 0) is 9.59 Å². The molecular weight excluding hydrogens is 278 g/mol. The number of rotatable bonds is 4. The van der Waals surface area contributed by atoms with Gasteiger partial charge in [0.25, 0.3) is 5.91 Å². The maximum Gasteiger partial charge on any atom is 0.267 e. The van der Waals surface area contributed by atoms with Gasteiger partial charge in [-0.05, 0) is 49.8 Å². The Kier molecular flexibility index (Phi) is 3.96. The summed E-state index contributed by atoms with van der Waals surface area (Å²) in [6.45, 7) is 4.64. The van der Waals surface area contributed by atoms with Crippen LogP contribution in [0.4, 0.5) is 5.69 Å².